The molecule has 0 radical (unpaired) electrons. The molecule has 8 nitrogen and oxygen atoms in total. The van der Waals surface area contributed by atoms with Gasteiger partial charge in [-0.1, -0.05) is 16.8 Å². The fourth-order valence-electron chi connectivity index (χ4n) is 2.86. The van der Waals surface area contributed by atoms with Crippen molar-refractivity contribution in [2.45, 2.75) is 25.9 Å². The molecule has 1 fully saturated rings. The Hall–Kier alpha value is -1.90. The maximum Gasteiger partial charge on any atom is 0.305 e. The van der Waals surface area contributed by atoms with Gasteiger partial charge in [-0.15, -0.1) is 0 Å². The van der Waals surface area contributed by atoms with Crippen molar-refractivity contribution in [2.75, 3.05) is 19.8 Å². The minimum absolute atomic E-state index is 0.0241. The average molecular weight is 355 g/mol. The van der Waals surface area contributed by atoms with Crippen molar-refractivity contribution < 1.29 is 19.2 Å². The number of halogens is 1. The second-order valence-corrected chi connectivity index (χ2v) is 6.22. The van der Waals surface area contributed by atoms with Crippen LogP contribution in [0.1, 0.15) is 17.7 Å². The van der Waals surface area contributed by atoms with Gasteiger partial charge in [0.25, 0.3) is 0 Å². The van der Waals surface area contributed by atoms with E-state index in [1.165, 1.54) is 0 Å². The molecule has 0 bridgehead atoms. The zero-order valence-electron chi connectivity index (χ0n) is 13.5. The lowest BCUT2D eigenvalue weighted by Crippen LogP contribution is -2.45. The molecule has 3 heterocycles. The van der Waals surface area contributed by atoms with E-state index in [0.29, 0.717) is 48.6 Å². The van der Waals surface area contributed by atoms with Crippen molar-refractivity contribution >= 4 is 17.6 Å². The summed E-state index contributed by atoms with van der Waals surface area (Å²) in [5.74, 6) is -0.159. The number of hydrogen-bond acceptors (Lipinski definition) is 6. The normalized spacial score (nSPS) is 18.9. The maximum atomic E-state index is 11.1. The highest BCUT2D eigenvalue weighted by Gasteiger charge is 2.28. The molecule has 1 atom stereocenters. The minimum atomic E-state index is -0.847. The molecular weight excluding hydrogens is 336 g/mol. The topological polar surface area (TPSA) is 93.6 Å². The van der Waals surface area contributed by atoms with Crippen LogP contribution in [0.2, 0.25) is 5.15 Å². The van der Waals surface area contributed by atoms with E-state index >= 15 is 0 Å². The summed E-state index contributed by atoms with van der Waals surface area (Å²) >= 11 is 6.41. The highest BCUT2D eigenvalue weighted by Crippen LogP contribution is 2.30. The number of aryl methyl sites for hydroxylation is 2. The third-order valence-corrected chi connectivity index (χ3v) is 4.53. The van der Waals surface area contributed by atoms with Gasteiger partial charge in [0.2, 0.25) is 0 Å². The highest BCUT2D eigenvalue weighted by molar-refractivity contribution is 6.30. The molecule has 130 valence electrons. The number of aromatic nitrogens is 3. The molecule has 1 saturated heterocycles. The number of ether oxygens (including phenoxy) is 1. The molecule has 9 heteroatoms. The first-order valence-corrected chi connectivity index (χ1v) is 8.02. The quantitative estimate of drug-likeness (QED) is 0.873. The number of rotatable bonds is 5. The molecule has 0 unspecified atom stereocenters. The minimum Gasteiger partial charge on any atom is -0.481 e. The first-order valence-electron chi connectivity index (χ1n) is 7.64. The fraction of sp³-hybridized carbons (Fsp3) is 0.533. The molecule has 24 heavy (non-hydrogen) atoms. The summed E-state index contributed by atoms with van der Waals surface area (Å²) in [5, 5.41) is 18.1. The molecule has 3 rings (SSSR count). The molecule has 1 aliphatic heterocycles. The van der Waals surface area contributed by atoms with Crippen LogP contribution in [-0.4, -0.2) is 56.7 Å². The Balaban J connectivity index is 1.89. The van der Waals surface area contributed by atoms with Crippen LogP contribution in [0.4, 0.5) is 0 Å². The lowest BCUT2D eigenvalue weighted by Gasteiger charge is -2.34. The average Bonchev–Trinajstić information content (AvgIpc) is 3.07. The van der Waals surface area contributed by atoms with Gasteiger partial charge in [0.1, 0.15) is 22.3 Å². The first kappa shape index (κ1) is 16.9. The molecule has 0 spiro atoms. The van der Waals surface area contributed by atoms with Gasteiger partial charge in [-0.2, -0.15) is 5.10 Å². The SMILES string of the molecule is Cc1cc(-c2nn(C)c(Cl)c2CN2CCOC[C@@H]2CC(=O)O)no1. The van der Waals surface area contributed by atoms with Gasteiger partial charge in [0.05, 0.1) is 19.6 Å². The molecular formula is C15H19ClN4O4. The third kappa shape index (κ3) is 3.45. The lowest BCUT2D eigenvalue weighted by atomic mass is 10.1. The van der Waals surface area contributed by atoms with Crippen LogP contribution >= 0.6 is 11.6 Å². The Morgan fingerprint density at radius 1 is 1.54 bits per heavy atom. The highest BCUT2D eigenvalue weighted by atomic mass is 35.5. The van der Waals surface area contributed by atoms with Gasteiger partial charge in [-0.3, -0.25) is 14.4 Å². The van der Waals surface area contributed by atoms with Crippen LogP contribution in [0.25, 0.3) is 11.4 Å². The van der Waals surface area contributed by atoms with Gasteiger partial charge in [0.15, 0.2) is 0 Å². The molecule has 0 saturated carbocycles. The lowest BCUT2D eigenvalue weighted by molar-refractivity contribution is -0.140. The smallest absolute Gasteiger partial charge is 0.305 e. The Morgan fingerprint density at radius 3 is 3.00 bits per heavy atom. The predicted octanol–water partition coefficient (Wildman–Crippen LogP) is 1.71. The summed E-state index contributed by atoms with van der Waals surface area (Å²) in [5.41, 5.74) is 2.08. The largest absolute Gasteiger partial charge is 0.481 e. The molecule has 2 aromatic heterocycles. The van der Waals surface area contributed by atoms with Crippen LogP contribution in [0.15, 0.2) is 10.6 Å². The van der Waals surface area contributed by atoms with Crippen LogP contribution < -0.4 is 0 Å². The number of carboxylic acids is 1. The van der Waals surface area contributed by atoms with Crippen LogP contribution in [-0.2, 0) is 23.1 Å². The second kappa shape index (κ2) is 6.92. The Labute approximate surface area is 143 Å². The van der Waals surface area contributed by atoms with Crippen molar-refractivity contribution in [2.24, 2.45) is 7.05 Å². The second-order valence-electron chi connectivity index (χ2n) is 5.86. The summed E-state index contributed by atoms with van der Waals surface area (Å²) in [6, 6.07) is 1.61. The molecule has 1 aliphatic rings. The van der Waals surface area contributed by atoms with Crippen molar-refractivity contribution in [3.05, 3.63) is 22.5 Å². The van der Waals surface area contributed by atoms with Crippen LogP contribution in [0, 0.1) is 6.92 Å². The first-order chi connectivity index (χ1) is 11.5. The van der Waals surface area contributed by atoms with Gasteiger partial charge < -0.3 is 14.4 Å². The van der Waals surface area contributed by atoms with Crippen LogP contribution in [0.5, 0.6) is 0 Å². The zero-order valence-corrected chi connectivity index (χ0v) is 14.3. The van der Waals surface area contributed by atoms with E-state index in [1.807, 2.05) is 6.92 Å². The molecule has 0 aliphatic carbocycles. The van der Waals surface area contributed by atoms with Gasteiger partial charge >= 0.3 is 5.97 Å². The van der Waals surface area contributed by atoms with E-state index < -0.39 is 5.97 Å². The molecule has 2 aromatic rings. The summed E-state index contributed by atoms with van der Waals surface area (Å²) in [4.78, 5) is 13.1. The number of nitrogens with zero attached hydrogens (tertiary/aromatic N) is 4. The van der Waals surface area contributed by atoms with Crippen molar-refractivity contribution in [1.82, 2.24) is 19.8 Å². The van der Waals surface area contributed by atoms with Crippen molar-refractivity contribution in [1.29, 1.82) is 0 Å². The van der Waals surface area contributed by atoms with Crippen LogP contribution in [0.3, 0.4) is 0 Å². The van der Waals surface area contributed by atoms with E-state index in [2.05, 4.69) is 15.2 Å². The Kier molecular flexibility index (Phi) is 4.88. The van der Waals surface area contributed by atoms with E-state index in [-0.39, 0.29) is 12.5 Å². The fourth-order valence-corrected chi connectivity index (χ4v) is 3.05. The van der Waals surface area contributed by atoms with Crippen molar-refractivity contribution in [3.8, 4) is 11.4 Å². The summed E-state index contributed by atoms with van der Waals surface area (Å²) in [6.07, 6.45) is 0.0241. The predicted molar refractivity (Wildman–Crippen MR) is 85.7 cm³/mol. The summed E-state index contributed by atoms with van der Waals surface area (Å²) < 4.78 is 12.1. The number of hydrogen-bond donors (Lipinski definition) is 1. The number of carboxylic acid groups (broad SMARTS) is 1. The monoisotopic (exact) mass is 354 g/mol. The molecule has 1 N–H and O–H groups in total. The van der Waals surface area contributed by atoms with Gasteiger partial charge in [0, 0.05) is 37.8 Å². The Bertz CT molecular complexity index is 742. The van der Waals surface area contributed by atoms with Gasteiger partial charge in [-0.25, -0.2) is 0 Å². The van der Waals surface area contributed by atoms with E-state index in [4.69, 9.17) is 26.0 Å². The zero-order chi connectivity index (χ0) is 17.3. The van der Waals surface area contributed by atoms with Crippen molar-refractivity contribution in [3.63, 3.8) is 0 Å². The maximum absolute atomic E-state index is 11.1. The van der Waals surface area contributed by atoms with E-state index in [9.17, 15) is 4.79 Å². The number of aliphatic carboxylic acids is 1. The molecule has 0 amide bonds. The number of carbonyl (C=O) groups is 1. The Morgan fingerprint density at radius 2 is 2.33 bits per heavy atom. The van der Waals surface area contributed by atoms with E-state index in [1.54, 1.807) is 17.8 Å². The third-order valence-electron chi connectivity index (χ3n) is 4.06. The van der Waals surface area contributed by atoms with E-state index in [0.717, 1.165) is 5.56 Å². The number of morpholine rings is 1. The summed E-state index contributed by atoms with van der Waals surface area (Å²) in [6.45, 7) is 3.89. The summed E-state index contributed by atoms with van der Waals surface area (Å²) in [7, 11) is 1.76. The molecule has 0 aromatic carbocycles. The standard InChI is InChI=1S/C15H19ClN4O4/c1-9-5-12(18-24-9)14-11(15(16)19(2)17-14)7-20-3-4-23-8-10(20)6-13(21)22/h5,10H,3-4,6-8H2,1-2H3,(H,21,22)/t10-/m0/s1. The van der Waals surface area contributed by atoms with Gasteiger partial charge in [-0.05, 0) is 6.92 Å².